The van der Waals surface area contributed by atoms with Crippen LogP contribution >= 0.6 is 27.5 Å². The third kappa shape index (κ3) is 3.04. The van der Waals surface area contributed by atoms with Crippen LogP contribution < -0.4 is 11.1 Å². The van der Waals surface area contributed by atoms with Gasteiger partial charge < -0.3 is 11.1 Å². The Hall–Kier alpha value is -1.20. The molecule has 19 heavy (non-hydrogen) atoms. The van der Waals surface area contributed by atoms with E-state index in [2.05, 4.69) is 33.3 Å². The first-order valence-electron chi connectivity index (χ1n) is 6.06. The van der Waals surface area contributed by atoms with Crippen molar-refractivity contribution in [2.24, 2.45) is 7.05 Å². The first kappa shape index (κ1) is 14.2. The average Bonchev–Trinajstić information content (AvgIpc) is 2.62. The fourth-order valence-corrected chi connectivity index (χ4v) is 2.37. The summed E-state index contributed by atoms with van der Waals surface area (Å²) in [5, 5.41) is 8.38. The SMILES string of the molecule is CCCc1nn(C)c(Nc2ccc(Cl)c(Br)c2)c1N. The van der Waals surface area contributed by atoms with E-state index in [0.717, 1.165) is 34.5 Å². The summed E-state index contributed by atoms with van der Waals surface area (Å²) in [4.78, 5) is 0. The number of benzene rings is 1. The van der Waals surface area contributed by atoms with E-state index in [9.17, 15) is 0 Å². The van der Waals surface area contributed by atoms with Crippen LogP contribution in [0, 0.1) is 0 Å². The second kappa shape index (κ2) is 5.84. The molecule has 0 atom stereocenters. The Morgan fingerprint density at radius 3 is 2.84 bits per heavy atom. The van der Waals surface area contributed by atoms with Gasteiger partial charge in [0.25, 0.3) is 0 Å². The fourth-order valence-electron chi connectivity index (χ4n) is 1.88. The number of rotatable bonds is 4. The third-order valence-corrected chi connectivity index (χ3v) is 4.04. The van der Waals surface area contributed by atoms with E-state index in [1.54, 1.807) is 4.68 Å². The van der Waals surface area contributed by atoms with Gasteiger partial charge >= 0.3 is 0 Å². The molecule has 4 nitrogen and oxygen atoms in total. The molecular formula is C13H16BrClN4. The molecule has 0 aliphatic carbocycles. The summed E-state index contributed by atoms with van der Waals surface area (Å²) in [6, 6.07) is 5.64. The van der Waals surface area contributed by atoms with E-state index in [1.165, 1.54) is 0 Å². The van der Waals surface area contributed by atoms with Crippen LogP contribution in [0.5, 0.6) is 0 Å². The topological polar surface area (TPSA) is 55.9 Å². The molecule has 0 bridgehead atoms. The van der Waals surface area contributed by atoms with Crippen LogP contribution in [0.4, 0.5) is 17.2 Å². The molecule has 102 valence electrons. The molecule has 3 N–H and O–H groups in total. The van der Waals surface area contributed by atoms with Crippen LogP contribution in [0.3, 0.4) is 0 Å². The number of nitrogens with one attached hydrogen (secondary N) is 1. The van der Waals surface area contributed by atoms with Crippen LogP contribution in [-0.2, 0) is 13.5 Å². The molecule has 6 heteroatoms. The second-order valence-electron chi connectivity index (χ2n) is 4.34. The highest BCUT2D eigenvalue weighted by atomic mass is 79.9. The number of aromatic nitrogens is 2. The van der Waals surface area contributed by atoms with Crippen molar-refractivity contribution in [3.05, 3.63) is 33.4 Å². The molecule has 0 aliphatic heterocycles. The predicted molar refractivity (Wildman–Crippen MR) is 84.1 cm³/mol. The summed E-state index contributed by atoms with van der Waals surface area (Å²) in [5.41, 5.74) is 8.67. The average molecular weight is 344 g/mol. The zero-order valence-corrected chi connectivity index (χ0v) is 13.2. The molecule has 0 aliphatic rings. The van der Waals surface area contributed by atoms with Gasteiger partial charge in [-0.15, -0.1) is 0 Å². The summed E-state index contributed by atoms with van der Waals surface area (Å²) in [6.45, 7) is 2.11. The Morgan fingerprint density at radius 1 is 1.47 bits per heavy atom. The zero-order chi connectivity index (χ0) is 14.0. The van der Waals surface area contributed by atoms with Crippen LogP contribution in [0.25, 0.3) is 0 Å². The van der Waals surface area contributed by atoms with Crippen molar-refractivity contribution in [2.75, 3.05) is 11.1 Å². The maximum atomic E-state index is 6.12. The summed E-state index contributed by atoms with van der Waals surface area (Å²) >= 11 is 9.38. The maximum Gasteiger partial charge on any atom is 0.152 e. The molecule has 1 aromatic carbocycles. The molecule has 0 saturated heterocycles. The number of nitrogen functional groups attached to an aromatic ring is 1. The third-order valence-electron chi connectivity index (χ3n) is 2.83. The number of nitrogens with zero attached hydrogens (tertiary/aromatic N) is 2. The Bertz CT molecular complexity index is 595. The minimum Gasteiger partial charge on any atom is -0.394 e. The summed E-state index contributed by atoms with van der Waals surface area (Å²) in [7, 11) is 1.88. The van der Waals surface area contributed by atoms with Gasteiger partial charge in [0.1, 0.15) is 0 Å². The van der Waals surface area contributed by atoms with Crippen molar-refractivity contribution < 1.29 is 0 Å². The molecule has 1 aromatic heterocycles. The molecule has 0 unspecified atom stereocenters. The van der Waals surface area contributed by atoms with Gasteiger partial charge in [0.15, 0.2) is 5.82 Å². The molecule has 0 saturated carbocycles. The van der Waals surface area contributed by atoms with Gasteiger partial charge in [-0.3, -0.25) is 4.68 Å². The van der Waals surface area contributed by atoms with Crippen molar-refractivity contribution in [2.45, 2.75) is 19.8 Å². The van der Waals surface area contributed by atoms with E-state index in [4.69, 9.17) is 17.3 Å². The van der Waals surface area contributed by atoms with Crippen molar-refractivity contribution in [1.29, 1.82) is 0 Å². The van der Waals surface area contributed by atoms with E-state index < -0.39 is 0 Å². The standard InChI is InChI=1S/C13H16BrClN4/c1-3-4-11-12(16)13(19(2)18-11)17-8-5-6-10(15)9(14)7-8/h5-7,17H,3-4,16H2,1-2H3. The lowest BCUT2D eigenvalue weighted by molar-refractivity contribution is 0.740. The summed E-state index contributed by atoms with van der Waals surface area (Å²) < 4.78 is 2.61. The molecule has 2 aromatic rings. The molecule has 2 rings (SSSR count). The minimum absolute atomic E-state index is 0.676. The highest BCUT2D eigenvalue weighted by Crippen LogP contribution is 2.30. The summed E-state index contributed by atoms with van der Waals surface area (Å²) in [5.74, 6) is 0.803. The normalized spacial score (nSPS) is 10.7. The van der Waals surface area contributed by atoms with Gasteiger partial charge in [0.05, 0.1) is 16.4 Å². The van der Waals surface area contributed by atoms with Gasteiger partial charge in [0, 0.05) is 17.2 Å². The van der Waals surface area contributed by atoms with Crippen molar-refractivity contribution in [1.82, 2.24) is 9.78 Å². The van der Waals surface area contributed by atoms with Crippen LogP contribution in [0.1, 0.15) is 19.0 Å². The minimum atomic E-state index is 0.676. The second-order valence-corrected chi connectivity index (χ2v) is 5.60. The molecule has 0 spiro atoms. The number of aryl methyl sites for hydroxylation is 2. The Balaban J connectivity index is 2.30. The number of halogens is 2. The molecule has 0 radical (unpaired) electrons. The summed E-state index contributed by atoms with van der Waals surface area (Å²) in [6.07, 6.45) is 1.90. The highest BCUT2D eigenvalue weighted by Gasteiger charge is 2.13. The van der Waals surface area contributed by atoms with Gasteiger partial charge in [-0.05, 0) is 40.5 Å². The Kier molecular flexibility index (Phi) is 4.37. The van der Waals surface area contributed by atoms with Crippen molar-refractivity contribution in [3.8, 4) is 0 Å². The van der Waals surface area contributed by atoms with Crippen LogP contribution in [0.15, 0.2) is 22.7 Å². The lowest BCUT2D eigenvalue weighted by Gasteiger charge is -2.08. The zero-order valence-electron chi connectivity index (χ0n) is 10.9. The Labute approximate surface area is 126 Å². The first-order valence-corrected chi connectivity index (χ1v) is 7.23. The van der Waals surface area contributed by atoms with Crippen molar-refractivity contribution >= 4 is 44.7 Å². The largest absolute Gasteiger partial charge is 0.394 e. The number of nitrogens with two attached hydrogens (primary N) is 1. The molecule has 0 amide bonds. The lowest BCUT2D eigenvalue weighted by atomic mass is 10.2. The smallest absolute Gasteiger partial charge is 0.152 e. The Morgan fingerprint density at radius 2 is 2.21 bits per heavy atom. The van der Waals surface area contributed by atoms with Gasteiger partial charge in [-0.1, -0.05) is 24.9 Å². The van der Waals surface area contributed by atoms with E-state index in [-0.39, 0.29) is 0 Å². The fraction of sp³-hybridized carbons (Fsp3) is 0.308. The number of hydrogen-bond acceptors (Lipinski definition) is 3. The van der Waals surface area contributed by atoms with Gasteiger partial charge in [0.2, 0.25) is 0 Å². The van der Waals surface area contributed by atoms with E-state index >= 15 is 0 Å². The highest BCUT2D eigenvalue weighted by molar-refractivity contribution is 9.10. The predicted octanol–water partition coefficient (Wildman–Crippen LogP) is 4.11. The molecule has 1 heterocycles. The maximum absolute atomic E-state index is 6.12. The van der Waals surface area contributed by atoms with Crippen molar-refractivity contribution in [3.63, 3.8) is 0 Å². The lowest BCUT2D eigenvalue weighted by Crippen LogP contribution is -2.01. The number of anilines is 3. The number of hydrogen-bond donors (Lipinski definition) is 2. The van der Waals surface area contributed by atoms with Gasteiger partial charge in [-0.2, -0.15) is 5.10 Å². The monoisotopic (exact) mass is 342 g/mol. The van der Waals surface area contributed by atoms with Gasteiger partial charge in [-0.25, -0.2) is 0 Å². The molecule has 0 fully saturated rings. The molecular weight excluding hydrogens is 328 g/mol. The van der Waals surface area contributed by atoms with Crippen LogP contribution in [0.2, 0.25) is 5.02 Å². The quantitative estimate of drug-likeness (QED) is 0.878. The van der Waals surface area contributed by atoms with Crippen LogP contribution in [-0.4, -0.2) is 9.78 Å². The van der Waals surface area contributed by atoms with E-state index in [0.29, 0.717) is 10.7 Å². The first-order chi connectivity index (χ1) is 9.02. The van der Waals surface area contributed by atoms with E-state index in [1.807, 2.05) is 25.2 Å².